The number of amides is 3. The van der Waals surface area contributed by atoms with Crippen LogP contribution >= 0.6 is 0 Å². The first-order chi connectivity index (χ1) is 27.0. The highest BCUT2D eigenvalue weighted by Gasteiger charge is 2.53. The molecule has 2 aliphatic rings. The van der Waals surface area contributed by atoms with Crippen molar-refractivity contribution in [3.05, 3.63) is 101 Å². The Morgan fingerprint density at radius 2 is 1.46 bits per heavy atom. The molecule has 4 aromatic rings. The van der Waals surface area contributed by atoms with Crippen molar-refractivity contribution in [3.63, 3.8) is 0 Å². The second-order valence-corrected chi connectivity index (χ2v) is 13.0. The molecule has 5 N–H and O–H groups in total. The van der Waals surface area contributed by atoms with Crippen LogP contribution < -0.4 is 25.4 Å². The molecule has 6 rings (SSSR count). The van der Waals surface area contributed by atoms with Gasteiger partial charge in [0.25, 0.3) is 0 Å². The summed E-state index contributed by atoms with van der Waals surface area (Å²) in [6.45, 7) is 0.0967. The number of nitrogens with one attached hydrogen (secondary N) is 3. The van der Waals surface area contributed by atoms with E-state index in [9.17, 15) is 39.4 Å². The smallest absolute Gasteiger partial charge is 0.340 e. The summed E-state index contributed by atoms with van der Waals surface area (Å²) in [5.74, 6) is -0.908. The molecule has 3 amide bonds. The summed E-state index contributed by atoms with van der Waals surface area (Å²) in [5.41, 5.74) is 0.925. The highest BCUT2D eigenvalue weighted by Crippen LogP contribution is 2.57. The first-order valence-electron chi connectivity index (χ1n) is 17.7. The highest BCUT2D eigenvalue weighted by molar-refractivity contribution is 6.09. The van der Waals surface area contributed by atoms with Crippen LogP contribution in [0.2, 0.25) is 0 Å². The van der Waals surface area contributed by atoms with E-state index in [1.165, 1.54) is 30.3 Å². The van der Waals surface area contributed by atoms with Gasteiger partial charge in [0.2, 0.25) is 17.7 Å². The number of nitriles is 1. The number of terminal acetylenes is 1. The van der Waals surface area contributed by atoms with Crippen LogP contribution in [0.3, 0.4) is 0 Å². The van der Waals surface area contributed by atoms with E-state index in [1.54, 1.807) is 54.6 Å². The number of unbranched alkanes of at least 4 members (excludes halogenated alkanes) is 2. The summed E-state index contributed by atoms with van der Waals surface area (Å²) >= 11 is 0. The topological polar surface area (TPSA) is 213 Å². The lowest BCUT2D eigenvalue weighted by molar-refractivity contribution is -0.129. The number of phenolic OH excluding ortho intramolecular Hbond substituents is 2. The fourth-order valence-corrected chi connectivity index (χ4v) is 6.48. The van der Waals surface area contributed by atoms with Gasteiger partial charge in [-0.15, -0.1) is 12.3 Å². The number of hydrogen-bond donors (Lipinski definition) is 5. The van der Waals surface area contributed by atoms with Crippen LogP contribution in [-0.2, 0) is 29.5 Å². The molecule has 0 radical (unpaired) electrons. The maximum Gasteiger partial charge on any atom is 0.340 e. The number of fused-ring (bicyclic) bond motifs is 6. The number of ketones is 1. The number of hydrogen-bond acceptors (Lipinski definition) is 11. The minimum absolute atomic E-state index is 0.0508. The highest BCUT2D eigenvalue weighted by atomic mass is 16.6. The Labute approximate surface area is 321 Å². The maximum atomic E-state index is 13.3. The minimum Gasteiger partial charge on any atom is -0.508 e. The van der Waals surface area contributed by atoms with Crippen molar-refractivity contribution in [2.24, 2.45) is 5.92 Å². The van der Waals surface area contributed by atoms with Crippen LogP contribution in [0.25, 0.3) is 0 Å². The fraction of sp³-hybridized carbons (Fsp3) is 0.238. The quantitative estimate of drug-likeness (QED) is 0.0447. The van der Waals surface area contributed by atoms with Crippen molar-refractivity contribution in [2.75, 3.05) is 23.8 Å². The number of carbonyl (C=O) groups excluding carboxylic acids is 5. The number of nitrogens with zero attached hydrogens (tertiary/aromatic N) is 1. The molecule has 0 aromatic heterocycles. The molecule has 14 heteroatoms. The summed E-state index contributed by atoms with van der Waals surface area (Å²) in [6.07, 6.45) is 7.36. The Morgan fingerprint density at radius 3 is 2.12 bits per heavy atom. The predicted molar refractivity (Wildman–Crippen MR) is 201 cm³/mol. The van der Waals surface area contributed by atoms with Gasteiger partial charge < -0.3 is 40.4 Å². The monoisotopic (exact) mass is 756 g/mol. The van der Waals surface area contributed by atoms with Gasteiger partial charge in [-0.25, -0.2) is 4.79 Å². The van der Waals surface area contributed by atoms with Crippen molar-refractivity contribution in [3.8, 4) is 47.2 Å². The van der Waals surface area contributed by atoms with E-state index in [1.807, 2.05) is 0 Å². The van der Waals surface area contributed by atoms with Crippen LogP contribution in [0, 0.1) is 29.6 Å². The Bertz CT molecular complexity index is 2240. The van der Waals surface area contributed by atoms with E-state index in [2.05, 4.69) is 21.9 Å². The number of aromatic hydroxyl groups is 2. The molecule has 1 spiro atoms. The second-order valence-electron chi connectivity index (χ2n) is 13.0. The molecule has 2 aliphatic heterocycles. The molecule has 0 fully saturated rings. The molecule has 1 unspecified atom stereocenters. The standard InChI is InChI=1S/C42H36N4O10/c1-2-3-7-35(49)31(23-43)40(52)46-25-9-14-29(15-10-25)54-19-6-4-5-8-38(50)44-24-39(51)45-26-11-16-32-30(20-26)41(53)56-42(32)33-17-12-27(47)21-36(33)55-37-22-28(48)13-18-34(37)42/h1,9-18,20-22,31,47-48H,3-8,19,24H2,(H,44,50)(H,45,51)(H,46,52). The molecule has 56 heavy (non-hydrogen) atoms. The van der Waals surface area contributed by atoms with Crippen LogP contribution in [0.15, 0.2) is 78.9 Å². The third-order valence-electron chi connectivity index (χ3n) is 9.17. The van der Waals surface area contributed by atoms with Crippen LogP contribution in [0.4, 0.5) is 11.4 Å². The average Bonchev–Trinajstić information content (AvgIpc) is 3.46. The summed E-state index contributed by atoms with van der Waals surface area (Å²) in [6, 6.07) is 21.9. The number of rotatable bonds is 15. The number of Topliss-reactive ketones (excluding diaryl/α,β-unsaturated/α-hetero) is 1. The number of esters is 1. The van der Waals surface area contributed by atoms with Gasteiger partial charge in [-0.05, 0) is 79.9 Å². The van der Waals surface area contributed by atoms with E-state index >= 15 is 0 Å². The van der Waals surface area contributed by atoms with E-state index in [-0.39, 0.29) is 60.3 Å². The Kier molecular flexibility index (Phi) is 11.5. The zero-order chi connectivity index (χ0) is 39.8. The first kappa shape index (κ1) is 38.4. The molecule has 2 heterocycles. The largest absolute Gasteiger partial charge is 0.508 e. The average molecular weight is 757 g/mol. The van der Waals surface area contributed by atoms with Crippen molar-refractivity contribution < 1.29 is 48.4 Å². The van der Waals surface area contributed by atoms with Crippen molar-refractivity contribution in [1.29, 1.82) is 5.26 Å². The van der Waals surface area contributed by atoms with E-state index in [4.69, 9.17) is 20.6 Å². The predicted octanol–water partition coefficient (Wildman–Crippen LogP) is 5.42. The lowest BCUT2D eigenvalue weighted by Crippen LogP contribution is -2.33. The number of anilines is 2. The molecule has 0 bridgehead atoms. The normalized spacial score (nSPS) is 13.3. The molecular weight excluding hydrogens is 720 g/mol. The number of phenols is 2. The Hall–Kier alpha value is -7.32. The van der Waals surface area contributed by atoms with Gasteiger partial charge in [-0.2, -0.15) is 5.26 Å². The Morgan fingerprint density at radius 1 is 0.804 bits per heavy atom. The minimum atomic E-state index is -1.44. The number of benzene rings is 4. The molecule has 1 atom stereocenters. The van der Waals surface area contributed by atoms with Crippen LogP contribution in [0.5, 0.6) is 28.7 Å². The Balaban J connectivity index is 0.935. The van der Waals surface area contributed by atoms with E-state index in [0.29, 0.717) is 59.7 Å². The lowest BCUT2D eigenvalue weighted by Gasteiger charge is -2.36. The molecule has 0 aliphatic carbocycles. The molecular formula is C42H36N4O10. The number of ether oxygens (including phenoxy) is 3. The van der Waals surface area contributed by atoms with Crippen molar-refractivity contribution in [1.82, 2.24) is 5.32 Å². The van der Waals surface area contributed by atoms with Gasteiger partial charge in [0.05, 0.1) is 24.8 Å². The van der Waals surface area contributed by atoms with Crippen LogP contribution in [-0.4, -0.2) is 52.8 Å². The van der Waals surface area contributed by atoms with Gasteiger partial charge in [-0.3, -0.25) is 19.2 Å². The van der Waals surface area contributed by atoms with Gasteiger partial charge in [0.1, 0.15) is 28.7 Å². The van der Waals surface area contributed by atoms with E-state index in [0.717, 1.165) is 0 Å². The fourth-order valence-electron chi connectivity index (χ4n) is 6.48. The first-order valence-corrected chi connectivity index (χ1v) is 17.7. The van der Waals surface area contributed by atoms with Gasteiger partial charge in [-0.1, -0.05) is 6.07 Å². The summed E-state index contributed by atoms with van der Waals surface area (Å²) in [7, 11) is 0. The van der Waals surface area contributed by atoms with Gasteiger partial charge in [0, 0.05) is 59.5 Å². The third kappa shape index (κ3) is 8.25. The summed E-state index contributed by atoms with van der Waals surface area (Å²) < 4.78 is 17.7. The van der Waals surface area contributed by atoms with Crippen molar-refractivity contribution >= 4 is 40.8 Å². The molecule has 0 saturated heterocycles. The molecule has 0 saturated carbocycles. The summed E-state index contributed by atoms with van der Waals surface area (Å²) in [5, 5.41) is 37.3. The molecule has 14 nitrogen and oxygen atoms in total. The maximum absolute atomic E-state index is 13.3. The van der Waals surface area contributed by atoms with Crippen LogP contribution in [0.1, 0.15) is 65.6 Å². The molecule has 4 aromatic carbocycles. The van der Waals surface area contributed by atoms with Crippen molar-refractivity contribution in [2.45, 2.75) is 44.1 Å². The molecule has 284 valence electrons. The van der Waals surface area contributed by atoms with E-state index < -0.39 is 35.1 Å². The third-order valence-corrected chi connectivity index (χ3v) is 9.17. The van der Waals surface area contributed by atoms with Gasteiger partial charge >= 0.3 is 5.97 Å². The summed E-state index contributed by atoms with van der Waals surface area (Å²) in [4.78, 5) is 62.9. The lowest BCUT2D eigenvalue weighted by atomic mass is 9.77. The SMILES string of the molecule is C#CCCC(=O)C(C#N)C(=O)Nc1ccc(OCCCCCC(=O)NCC(=O)Nc2ccc3c(c2)C(=O)OC32c3ccc(O)cc3Oc3cc(O)ccc32)cc1. The number of carbonyl (C=O) groups is 5. The zero-order valence-electron chi connectivity index (χ0n) is 29.9. The van der Waals surface area contributed by atoms with Gasteiger partial charge in [0.15, 0.2) is 17.3 Å². The second kappa shape index (κ2) is 16.8. The zero-order valence-corrected chi connectivity index (χ0v) is 29.9.